The van der Waals surface area contributed by atoms with E-state index in [1.165, 1.54) is 0 Å². The van der Waals surface area contributed by atoms with Crippen LogP contribution in [0.4, 0.5) is 0 Å². The number of aliphatic hydroxyl groups is 1. The van der Waals surface area contributed by atoms with Crippen molar-refractivity contribution >= 4 is 11.8 Å². The molecule has 0 aromatic heterocycles. The molecule has 1 rings (SSSR count). The smallest absolute Gasteiger partial charge is 0.252 e. The largest absolute Gasteiger partial charge is 0.395 e. The minimum absolute atomic E-state index is 0.0235. The van der Waals surface area contributed by atoms with Gasteiger partial charge in [0, 0.05) is 17.5 Å². The molecule has 106 valence electrons. The lowest BCUT2D eigenvalue weighted by atomic mass is 10.0. The molecule has 0 bridgehead atoms. The van der Waals surface area contributed by atoms with Crippen LogP contribution in [-0.2, 0) is 4.79 Å². The van der Waals surface area contributed by atoms with Gasteiger partial charge >= 0.3 is 0 Å². The SMILES string of the molecule is CC(C)(NC(=O)c1ccc(C#CCCO)cc1)C(N)=O. The number of aliphatic hydroxyl groups excluding tert-OH is 1. The molecule has 1 aromatic carbocycles. The molecule has 0 unspecified atom stereocenters. The van der Waals surface area contributed by atoms with Crippen molar-refractivity contribution in [3.8, 4) is 11.8 Å². The highest BCUT2D eigenvalue weighted by molar-refractivity contribution is 5.98. The van der Waals surface area contributed by atoms with Gasteiger partial charge in [-0.05, 0) is 38.1 Å². The number of hydrogen-bond acceptors (Lipinski definition) is 3. The Kier molecular flexibility index (Phi) is 5.30. The normalized spacial score (nSPS) is 10.3. The Hall–Kier alpha value is -2.32. The van der Waals surface area contributed by atoms with E-state index < -0.39 is 11.4 Å². The third-order valence-electron chi connectivity index (χ3n) is 2.66. The molecular formula is C15H18N2O3. The first-order valence-electron chi connectivity index (χ1n) is 6.19. The van der Waals surface area contributed by atoms with Crippen LogP contribution in [0.15, 0.2) is 24.3 Å². The molecule has 0 aliphatic carbocycles. The van der Waals surface area contributed by atoms with Crippen LogP contribution >= 0.6 is 0 Å². The van der Waals surface area contributed by atoms with Crippen molar-refractivity contribution in [1.29, 1.82) is 0 Å². The molecule has 0 spiro atoms. The average molecular weight is 274 g/mol. The van der Waals surface area contributed by atoms with E-state index in [4.69, 9.17) is 10.8 Å². The van der Waals surface area contributed by atoms with Crippen molar-refractivity contribution in [1.82, 2.24) is 5.32 Å². The molecule has 4 N–H and O–H groups in total. The van der Waals surface area contributed by atoms with Crippen LogP contribution in [0.3, 0.4) is 0 Å². The highest BCUT2D eigenvalue weighted by Gasteiger charge is 2.27. The van der Waals surface area contributed by atoms with Crippen molar-refractivity contribution in [2.75, 3.05) is 6.61 Å². The van der Waals surface area contributed by atoms with Gasteiger partial charge < -0.3 is 16.2 Å². The summed E-state index contributed by atoms with van der Waals surface area (Å²) in [5.41, 5.74) is 5.27. The summed E-state index contributed by atoms with van der Waals surface area (Å²) in [7, 11) is 0. The van der Waals surface area contributed by atoms with Crippen molar-refractivity contribution in [3.63, 3.8) is 0 Å². The maximum absolute atomic E-state index is 11.9. The predicted molar refractivity (Wildman–Crippen MR) is 75.8 cm³/mol. The molecule has 5 heteroatoms. The fraction of sp³-hybridized carbons (Fsp3) is 0.333. The zero-order valence-corrected chi connectivity index (χ0v) is 11.6. The van der Waals surface area contributed by atoms with E-state index >= 15 is 0 Å². The quantitative estimate of drug-likeness (QED) is 0.694. The number of carbonyl (C=O) groups excluding carboxylic acids is 2. The van der Waals surface area contributed by atoms with E-state index in [0.29, 0.717) is 12.0 Å². The Morgan fingerprint density at radius 1 is 1.30 bits per heavy atom. The standard InChI is InChI=1S/C15H18N2O3/c1-15(2,14(16)20)17-13(19)12-8-6-11(7-9-12)5-3-4-10-18/h6-9,18H,4,10H2,1-2H3,(H2,16,20)(H,17,19). The van der Waals surface area contributed by atoms with Crippen LogP contribution in [-0.4, -0.2) is 29.1 Å². The van der Waals surface area contributed by atoms with E-state index in [1.54, 1.807) is 38.1 Å². The van der Waals surface area contributed by atoms with Crippen molar-refractivity contribution in [2.24, 2.45) is 5.73 Å². The molecule has 0 heterocycles. The summed E-state index contributed by atoms with van der Waals surface area (Å²) >= 11 is 0. The van der Waals surface area contributed by atoms with Gasteiger partial charge in [-0.25, -0.2) is 0 Å². The van der Waals surface area contributed by atoms with Gasteiger partial charge in [0.25, 0.3) is 5.91 Å². The van der Waals surface area contributed by atoms with E-state index in [0.717, 1.165) is 5.56 Å². The van der Waals surface area contributed by atoms with Gasteiger partial charge in [-0.2, -0.15) is 0 Å². The Labute approximate surface area is 118 Å². The van der Waals surface area contributed by atoms with Gasteiger partial charge in [0.2, 0.25) is 5.91 Å². The van der Waals surface area contributed by atoms with Crippen LogP contribution in [0.2, 0.25) is 0 Å². The fourth-order valence-electron chi connectivity index (χ4n) is 1.34. The number of nitrogens with one attached hydrogen (secondary N) is 1. The third-order valence-corrected chi connectivity index (χ3v) is 2.66. The number of rotatable bonds is 4. The van der Waals surface area contributed by atoms with Gasteiger partial charge in [-0.15, -0.1) is 0 Å². The van der Waals surface area contributed by atoms with Gasteiger partial charge in [-0.1, -0.05) is 11.8 Å². The maximum atomic E-state index is 11.9. The number of benzene rings is 1. The minimum Gasteiger partial charge on any atom is -0.395 e. The molecule has 2 amide bonds. The molecule has 0 fully saturated rings. The molecule has 5 nitrogen and oxygen atoms in total. The second-order valence-electron chi connectivity index (χ2n) is 4.80. The number of amides is 2. The predicted octanol–water partition coefficient (Wildman–Crippen LogP) is 0.414. The van der Waals surface area contributed by atoms with Crippen molar-refractivity contribution < 1.29 is 14.7 Å². The van der Waals surface area contributed by atoms with Crippen LogP contribution in [0.1, 0.15) is 36.2 Å². The molecule has 0 atom stereocenters. The van der Waals surface area contributed by atoms with E-state index in [9.17, 15) is 9.59 Å². The van der Waals surface area contributed by atoms with Crippen LogP contribution < -0.4 is 11.1 Å². The number of nitrogens with two attached hydrogens (primary N) is 1. The zero-order chi connectivity index (χ0) is 15.2. The van der Waals surface area contributed by atoms with Gasteiger partial charge in [-0.3, -0.25) is 9.59 Å². The first-order chi connectivity index (χ1) is 9.36. The lowest BCUT2D eigenvalue weighted by Gasteiger charge is -2.22. The maximum Gasteiger partial charge on any atom is 0.252 e. The number of carbonyl (C=O) groups is 2. The average Bonchev–Trinajstić information content (AvgIpc) is 2.39. The number of primary amides is 1. The molecule has 0 saturated carbocycles. The van der Waals surface area contributed by atoms with Crippen LogP contribution in [0, 0.1) is 11.8 Å². The van der Waals surface area contributed by atoms with E-state index in [-0.39, 0.29) is 12.5 Å². The summed E-state index contributed by atoms with van der Waals surface area (Å²) < 4.78 is 0. The first-order valence-corrected chi connectivity index (χ1v) is 6.19. The second-order valence-corrected chi connectivity index (χ2v) is 4.80. The minimum atomic E-state index is -1.10. The summed E-state index contributed by atoms with van der Waals surface area (Å²) in [6.45, 7) is 3.11. The summed E-state index contributed by atoms with van der Waals surface area (Å²) in [5, 5.41) is 11.2. The summed E-state index contributed by atoms with van der Waals surface area (Å²) in [5.74, 6) is 4.68. The Morgan fingerprint density at radius 2 is 1.90 bits per heavy atom. The van der Waals surface area contributed by atoms with Crippen LogP contribution in [0.5, 0.6) is 0 Å². The summed E-state index contributed by atoms with van der Waals surface area (Å²) in [6, 6.07) is 6.65. The van der Waals surface area contributed by atoms with Gasteiger partial charge in [0.1, 0.15) is 5.54 Å². The topological polar surface area (TPSA) is 92.4 Å². The molecule has 0 radical (unpaired) electrons. The Bertz CT molecular complexity index is 551. The summed E-state index contributed by atoms with van der Waals surface area (Å²) in [6.07, 6.45) is 0.412. The van der Waals surface area contributed by atoms with Crippen LogP contribution in [0.25, 0.3) is 0 Å². The highest BCUT2D eigenvalue weighted by atomic mass is 16.2. The summed E-state index contributed by atoms with van der Waals surface area (Å²) in [4.78, 5) is 23.1. The Morgan fingerprint density at radius 3 is 2.40 bits per heavy atom. The highest BCUT2D eigenvalue weighted by Crippen LogP contribution is 2.07. The first kappa shape index (κ1) is 15.7. The monoisotopic (exact) mass is 274 g/mol. The molecular weight excluding hydrogens is 256 g/mol. The lowest BCUT2D eigenvalue weighted by molar-refractivity contribution is -0.122. The molecule has 0 saturated heterocycles. The van der Waals surface area contributed by atoms with E-state index in [1.807, 2.05) is 0 Å². The molecule has 20 heavy (non-hydrogen) atoms. The zero-order valence-electron chi connectivity index (χ0n) is 11.6. The second kappa shape index (κ2) is 6.73. The van der Waals surface area contributed by atoms with Gasteiger partial charge in [0.05, 0.1) is 6.61 Å². The molecule has 0 aliphatic heterocycles. The van der Waals surface area contributed by atoms with Gasteiger partial charge in [0.15, 0.2) is 0 Å². The Balaban J connectivity index is 2.77. The van der Waals surface area contributed by atoms with Crippen molar-refractivity contribution in [2.45, 2.75) is 25.8 Å². The lowest BCUT2D eigenvalue weighted by Crippen LogP contribution is -2.52. The molecule has 1 aromatic rings. The fourth-order valence-corrected chi connectivity index (χ4v) is 1.34. The van der Waals surface area contributed by atoms with E-state index in [2.05, 4.69) is 17.2 Å². The van der Waals surface area contributed by atoms with Crippen molar-refractivity contribution in [3.05, 3.63) is 35.4 Å². The third kappa shape index (κ3) is 4.41. The molecule has 0 aliphatic rings. The number of hydrogen-bond donors (Lipinski definition) is 3.